The number of aromatic nitrogens is 4. The Labute approximate surface area is 128 Å². The molecule has 3 aromatic rings. The van der Waals surface area contributed by atoms with Gasteiger partial charge < -0.3 is 9.09 Å². The molecule has 22 heavy (non-hydrogen) atoms. The Hall–Kier alpha value is -2.21. The molecule has 1 atom stereocenters. The van der Waals surface area contributed by atoms with E-state index in [2.05, 4.69) is 44.9 Å². The maximum absolute atomic E-state index is 5.14. The first-order valence-corrected chi connectivity index (χ1v) is 7.67. The van der Waals surface area contributed by atoms with Gasteiger partial charge in [0.1, 0.15) is 5.82 Å². The highest BCUT2D eigenvalue weighted by molar-refractivity contribution is 5.75. The number of imidazole rings is 1. The minimum Gasteiger partial charge on any atom is -0.340 e. The van der Waals surface area contributed by atoms with Gasteiger partial charge in [-0.3, -0.25) is 4.90 Å². The van der Waals surface area contributed by atoms with Crippen molar-refractivity contribution >= 4 is 11.0 Å². The zero-order chi connectivity index (χ0) is 15.1. The molecule has 0 spiro atoms. The summed E-state index contributed by atoms with van der Waals surface area (Å²) in [6.45, 7) is 3.69. The van der Waals surface area contributed by atoms with Crippen LogP contribution in [0.3, 0.4) is 0 Å². The minimum atomic E-state index is 0.234. The Bertz CT molecular complexity index is 806. The van der Waals surface area contributed by atoms with Crippen LogP contribution in [0, 0.1) is 6.92 Å². The number of hydrogen-bond donors (Lipinski definition) is 0. The molecule has 3 heterocycles. The number of rotatable bonds is 3. The summed E-state index contributed by atoms with van der Waals surface area (Å²) < 4.78 is 7.31. The average molecular weight is 297 g/mol. The molecule has 0 radical (unpaired) electrons. The van der Waals surface area contributed by atoms with E-state index in [4.69, 9.17) is 9.51 Å². The van der Waals surface area contributed by atoms with Crippen LogP contribution in [0.4, 0.5) is 0 Å². The summed E-state index contributed by atoms with van der Waals surface area (Å²) in [5.74, 6) is 2.51. The Morgan fingerprint density at radius 1 is 1.27 bits per heavy atom. The molecule has 1 aliphatic rings. The molecule has 0 aliphatic carbocycles. The zero-order valence-electron chi connectivity index (χ0n) is 12.9. The molecule has 0 N–H and O–H groups in total. The number of hydrogen-bond acceptors (Lipinski definition) is 5. The summed E-state index contributed by atoms with van der Waals surface area (Å²) in [4.78, 5) is 11.6. The van der Waals surface area contributed by atoms with Gasteiger partial charge in [-0.1, -0.05) is 17.3 Å². The fourth-order valence-electron chi connectivity index (χ4n) is 3.28. The van der Waals surface area contributed by atoms with Crippen molar-refractivity contribution in [3.63, 3.8) is 0 Å². The molecule has 6 heteroatoms. The number of aryl methyl sites for hydroxylation is 2. The lowest BCUT2D eigenvalue weighted by Gasteiger charge is -2.21. The van der Waals surface area contributed by atoms with Crippen LogP contribution in [0.25, 0.3) is 11.0 Å². The van der Waals surface area contributed by atoms with E-state index in [1.807, 2.05) is 13.0 Å². The van der Waals surface area contributed by atoms with Crippen LogP contribution in [0.5, 0.6) is 0 Å². The average Bonchev–Trinajstić information content (AvgIpc) is 3.21. The smallest absolute Gasteiger partial charge is 0.223 e. The lowest BCUT2D eigenvalue weighted by atomic mass is 10.2. The van der Waals surface area contributed by atoms with Crippen molar-refractivity contribution in [2.75, 3.05) is 6.54 Å². The minimum absolute atomic E-state index is 0.234. The van der Waals surface area contributed by atoms with E-state index in [1.54, 1.807) is 0 Å². The van der Waals surface area contributed by atoms with Gasteiger partial charge in [-0.15, -0.1) is 0 Å². The van der Waals surface area contributed by atoms with Crippen LogP contribution in [-0.2, 0) is 13.6 Å². The Kier molecular flexibility index (Phi) is 3.18. The molecule has 0 saturated carbocycles. The highest BCUT2D eigenvalue weighted by Crippen LogP contribution is 2.31. The first-order chi connectivity index (χ1) is 10.7. The SMILES string of the molecule is Cc1nc(C2CCCN2Cc2nc3ccccc3n2C)no1. The molecular weight excluding hydrogens is 278 g/mol. The maximum Gasteiger partial charge on any atom is 0.223 e. The fraction of sp³-hybridized carbons (Fsp3) is 0.438. The number of para-hydroxylation sites is 2. The second-order valence-corrected chi connectivity index (χ2v) is 5.88. The normalized spacial score (nSPS) is 19.3. The summed E-state index contributed by atoms with van der Waals surface area (Å²) in [5.41, 5.74) is 2.22. The molecule has 2 aromatic heterocycles. The molecule has 0 amide bonds. The predicted molar refractivity (Wildman–Crippen MR) is 82.1 cm³/mol. The van der Waals surface area contributed by atoms with Crippen molar-refractivity contribution in [1.29, 1.82) is 0 Å². The van der Waals surface area contributed by atoms with E-state index in [1.165, 1.54) is 5.52 Å². The van der Waals surface area contributed by atoms with Gasteiger partial charge in [0.25, 0.3) is 0 Å². The van der Waals surface area contributed by atoms with Gasteiger partial charge in [0.2, 0.25) is 5.89 Å². The van der Waals surface area contributed by atoms with Gasteiger partial charge in [0.05, 0.1) is 23.6 Å². The molecule has 114 valence electrons. The molecule has 1 unspecified atom stereocenters. The van der Waals surface area contributed by atoms with Crippen molar-refractivity contribution in [3.8, 4) is 0 Å². The topological polar surface area (TPSA) is 60.0 Å². The summed E-state index contributed by atoms with van der Waals surface area (Å²) in [6, 6.07) is 8.48. The third-order valence-electron chi connectivity index (χ3n) is 4.43. The summed E-state index contributed by atoms with van der Waals surface area (Å²) in [7, 11) is 2.08. The van der Waals surface area contributed by atoms with E-state index in [-0.39, 0.29) is 6.04 Å². The Balaban J connectivity index is 1.62. The van der Waals surface area contributed by atoms with Crippen LogP contribution in [-0.4, -0.2) is 31.1 Å². The molecule has 1 aromatic carbocycles. The van der Waals surface area contributed by atoms with Gasteiger partial charge in [0.15, 0.2) is 5.82 Å². The summed E-state index contributed by atoms with van der Waals surface area (Å²) >= 11 is 0. The third-order valence-corrected chi connectivity index (χ3v) is 4.43. The van der Waals surface area contributed by atoms with Gasteiger partial charge >= 0.3 is 0 Å². The van der Waals surface area contributed by atoms with Gasteiger partial charge in [-0.2, -0.15) is 4.98 Å². The van der Waals surface area contributed by atoms with Gasteiger partial charge in [-0.25, -0.2) is 4.98 Å². The number of likely N-dealkylation sites (tertiary alicyclic amines) is 1. The lowest BCUT2D eigenvalue weighted by Crippen LogP contribution is -2.25. The summed E-state index contributed by atoms with van der Waals surface area (Å²) in [5, 5.41) is 4.10. The predicted octanol–water partition coefficient (Wildman–Crippen LogP) is 2.60. The zero-order valence-corrected chi connectivity index (χ0v) is 12.9. The van der Waals surface area contributed by atoms with E-state index in [0.717, 1.165) is 43.1 Å². The van der Waals surface area contributed by atoms with Crippen molar-refractivity contribution in [1.82, 2.24) is 24.6 Å². The highest BCUT2D eigenvalue weighted by Gasteiger charge is 2.30. The number of fused-ring (bicyclic) bond motifs is 1. The molecule has 1 aliphatic heterocycles. The van der Waals surface area contributed by atoms with Crippen LogP contribution in [0.1, 0.15) is 36.4 Å². The Morgan fingerprint density at radius 3 is 2.91 bits per heavy atom. The van der Waals surface area contributed by atoms with Crippen LogP contribution in [0.15, 0.2) is 28.8 Å². The number of nitrogens with zero attached hydrogens (tertiary/aromatic N) is 5. The van der Waals surface area contributed by atoms with Crippen molar-refractivity contribution < 1.29 is 4.52 Å². The largest absolute Gasteiger partial charge is 0.340 e. The molecule has 4 rings (SSSR count). The second kappa shape index (κ2) is 5.21. The first-order valence-electron chi connectivity index (χ1n) is 7.67. The van der Waals surface area contributed by atoms with E-state index >= 15 is 0 Å². The standard InChI is InChI=1S/C16H19N5O/c1-11-17-16(19-22-11)14-8-5-9-21(14)10-15-18-12-6-3-4-7-13(12)20(15)2/h3-4,6-7,14H,5,8-10H2,1-2H3. The van der Waals surface area contributed by atoms with Gasteiger partial charge in [-0.05, 0) is 31.5 Å². The van der Waals surface area contributed by atoms with Crippen LogP contribution < -0.4 is 0 Å². The second-order valence-electron chi connectivity index (χ2n) is 5.88. The quantitative estimate of drug-likeness (QED) is 0.743. The first kappa shape index (κ1) is 13.5. The van der Waals surface area contributed by atoms with Crippen LogP contribution >= 0.6 is 0 Å². The third kappa shape index (κ3) is 2.20. The van der Waals surface area contributed by atoms with Crippen molar-refractivity contribution in [2.24, 2.45) is 7.05 Å². The highest BCUT2D eigenvalue weighted by atomic mass is 16.5. The van der Waals surface area contributed by atoms with Gasteiger partial charge in [0, 0.05) is 14.0 Å². The van der Waals surface area contributed by atoms with E-state index in [0.29, 0.717) is 5.89 Å². The van der Waals surface area contributed by atoms with E-state index in [9.17, 15) is 0 Å². The lowest BCUT2D eigenvalue weighted by molar-refractivity contribution is 0.227. The molecule has 1 saturated heterocycles. The Morgan fingerprint density at radius 2 is 2.14 bits per heavy atom. The molecule has 0 bridgehead atoms. The monoisotopic (exact) mass is 297 g/mol. The summed E-state index contributed by atoms with van der Waals surface area (Å²) in [6.07, 6.45) is 2.23. The maximum atomic E-state index is 5.14. The molecule has 6 nitrogen and oxygen atoms in total. The van der Waals surface area contributed by atoms with E-state index < -0.39 is 0 Å². The molecule has 1 fully saturated rings. The fourth-order valence-corrected chi connectivity index (χ4v) is 3.28. The van der Waals surface area contributed by atoms with Crippen LogP contribution in [0.2, 0.25) is 0 Å². The molecular formula is C16H19N5O. The van der Waals surface area contributed by atoms with Crippen molar-refractivity contribution in [2.45, 2.75) is 32.4 Å². The number of benzene rings is 1. The van der Waals surface area contributed by atoms with Crippen molar-refractivity contribution in [3.05, 3.63) is 41.8 Å².